The lowest BCUT2D eigenvalue weighted by Gasteiger charge is -2.05. The molecule has 1 saturated heterocycles. The van der Waals surface area contributed by atoms with E-state index in [0.29, 0.717) is 0 Å². The molecular formula is C9H14N4O4. The molecule has 1 aliphatic rings. The summed E-state index contributed by atoms with van der Waals surface area (Å²) in [7, 11) is 0. The van der Waals surface area contributed by atoms with Gasteiger partial charge in [-0.25, -0.2) is 0 Å². The zero-order valence-electron chi connectivity index (χ0n) is 9.17. The zero-order chi connectivity index (χ0) is 12.7. The van der Waals surface area contributed by atoms with Crippen LogP contribution >= 0.6 is 0 Å². The zero-order valence-corrected chi connectivity index (χ0v) is 9.17. The summed E-state index contributed by atoms with van der Waals surface area (Å²) in [5.74, 6) is -2.36. The normalized spacial score (nSPS) is 19.8. The maximum atomic E-state index is 11.2. The second-order valence-corrected chi connectivity index (χ2v) is 3.39. The van der Waals surface area contributed by atoms with E-state index in [1.807, 2.05) is 0 Å². The third-order valence-corrected chi connectivity index (χ3v) is 1.99. The summed E-state index contributed by atoms with van der Waals surface area (Å²) >= 11 is 0. The first-order valence-electron chi connectivity index (χ1n) is 5.19. The molecule has 8 nitrogen and oxygen atoms in total. The Labute approximate surface area is 97.5 Å². The second-order valence-electron chi connectivity index (χ2n) is 3.39. The molecule has 0 aromatic heterocycles. The van der Waals surface area contributed by atoms with Crippen LogP contribution in [0.15, 0.2) is 0 Å². The fourth-order valence-corrected chi connectivity index (χ4v) is 1.19. The lowest BCUT2D eigenvalue weighted by Crippen LogP contribution is -2.43. The van der Waals surface area contributed by atoms with Crippen molar-refractivity contribution < 1.29 is 19.2 Å². The van der Waals surface area contributed by atoms with Crippen molar-refractivity contribution >= 4 is 23.6 Å². The van der Waals surface area contributed by atoms with Gasteiger partial charge in [-0.3, -0.25) is 19.2 Å². The molecule has 0 aliphatic carbocycles. The molecule has 0 radical (unpaired) electrons. The summed E-state index contributed by atoms with van der Waals surface area (Å²) in [6, 6.07) is 0. The Morgan fingerprint density at radius 1 is 0.588 bits per heavy atom. The summed E-state index contributed by atoms with van der Waals surface area (Å²) < 4.78 is 0. The minimum absolute atomic E-state index is 0.139. The molecule has 4 N–H and O–H groups in total. The van der Waals surface area contributed by atoms with Gasteiger partial charge in [0.25, 0.3) is 0 Å². The van der Waals surface area contributed by atoms with Crippen LogP contribution in [0.1, 0.15) is 6.42 Å². The van der Waals surface area contributed by atoms with E-state index in [0.717, 1.165) is 0 Å². The van der Waals surface area contributed by atoms with Gasteiger partial charge >= 0.3 is 11.8 Å². The van der Waals surface area contributed by atoms with Crippen LogP contribution < -0.4 is 21.3 Å². The highest BCUT2D eigenvalue weighted by Crippen LogP contribution is 1.80. The highest BCUT2D eigenvalue weighted by molar-refractivity contribution is 6.35. The van der Waals surface area contributed by atoms with Crippen molar-refractivity contribution in [3.05, 3.63) is 0 Å². The molecule has 0 saturated carbocycles. The van der Waals surface area contributed by atoms with Crippen molar-refractivity contribution in [2.24, 2.45) is 0 Å². The summed E-state index contributed by atoms with van der Waals surface area (Å²) in [5.41, 5.74) is 0. The van der Waals surface area contributed by atoms with Crippen LogP contribution in [0.2, 0.25) is 0 Å². The average molecular weight is 242 g/mol. The minimum atomic E-state index is -0.759. The number of carbonyl (C=O) groups is 4. The monoisotopic (exact) mass is 242 g/mol. The Kier molecular flexibility index (Phi) is 4.92. The smallest absolute Gasteiger partial charge is 0.309 e. The summed E-state index contributed by atoms with van der Waals surface area (Å²) in [6.07, 6.45) is -0.262. The van der Waals surface area contributed by atoms with Gasteiger partial charge in [-0.2, -0.15) is 0 Å². The Morgan fingerprint density at radius 2 is 0.941 bits per heavy atom. The maximum absolute atomic E-state index is 11.2. The van der Waals surface area contributed by atoms with E-state index < -0.39 is 23.6 Å². The summed E-state index contributed by atoms with van der Waals surface area (Å²) in [4.78, 5) is 44.6. The number of nitrogens with one attached hydrogen (secondary N) is 4. The molecule has 4 amide bonds. The Morgan fingerprint density at radius 3 is 1.35 bits per heavy atom. The van der Waals surface area contributed by atoms with Crippen LogP contribution in [0, 0.1) is 0 Å². The van der Waals surface area contributed by atoms with E-state index >= 15 is 0 Å². The average Bonchev–Trinajstić information content (AvgIpc) is 2.29. The van der Waals surface area contributed by atoms with Crippen molar-refractivity contribution in [3.63, 3.8) is 0 Å². The van der Waals surface area contributed by atoms with Gasteiger partial charge in [0.1, 0.15) is 6.42 Å². The molecule has 0 unspecified atom stereocenters. The van der Waals surface area contributed by atoms with E-state index in [1.165, 1.54) is 0 Å². The molecular weight excluding hydrogens is 228 g/mol. The van der Waals surface area contributed by atoms with Crippen LogP contribution in [-0.2, 0) is 19.2 Å². The number of amides is 4. The van der Waals surface area contributed by atoms with Gasteiger partial charge < -0.3 is 21.3 Å². The van der Waals surface area contributed by atoms with Crippen molar-refractivity contribution in [3.8, 4) is 0 Å². The number of hydrogen-bond acceptors (Lipinski definition) is 4. The van der Waals surface area contributed by atoms with Crippen molar-refractivity contribution in [1.82, 2.24) is 21.3 Å². The first kappa shape index (κ1) is 12.9. The molecule has 17 heavy (non-hydrogen) atoms. The van der Waals surface area contributed by atoms with Gasteiger partial charge in [-0.15, -0.1) is 0 Å². The third kappa shape index (κ3) is 4.96. The lowest BCUT2D eigenvalue weighted by molar-refractivity contribution is -0.139. The maximum Gasteiger partial charge on any atom is 0.309 e. The fourth-order valence-electron chi connectivity index (χ4n) is 1.19. The minimum Gasteiger partial charge on any atom is -0.354 e. The predicted octanol–water partition coefficient (Wildman–Crippen LogP) is -3.15. The Balaban J connectivity index is 2.51. The molecule has 1 fully saturated rings. The van der Waals surface area contributed by atoms with E-state index in [1.54, 1.807) is 0 Å². The Bertz CT molecular complexity index is 310. The molecule has 1 heterocycles. The standard InChI is InChI=1S/C9H14N4O4/c14-6-5-7(15)11-2-4-13-9(17)8(16)12-3-1-10-6/h1-5H2,(H,10,14)(H,11,15)(H,12,16)(H,13,17). The lowest BCUT2D eigenvalue weighted by atomic mass is 10.3. The molecule has 0 aromatic rings. The molecule has 94 valence electrons. The van der Waals surface area contributed by atoms with Crippen LogP contribution in [0.4, 0.5) is 0 Å². The SMILES string of the molecule is O=C1CC(=O)NCCNC(=O)C(=O)NCCN1. The molecule has 1 rings (SSSR count). The van der Waals surface area contributed by atoms with E-state index in [2.05, 4.69) is 21.3 Å². The molecule has 0 aromatic carbocycles. The number of rotatable bonds is 0. The second kappa shape index (κ2) is 6.46. The van der Waals surface area contributed by atoms with E-state index in [4.69, 9.17) is 0 Å². The van der Waals surface area contributed by atoms with Crippen molar-refractivity contribution in [2.45, 2.75) is 6.42 Å². The summed E-state index contributed by atoms with van der Waals surface area (Å²) in [6.45, 7) is 0.621. The van der Waals surface area contributed by atoms with Crippen molar-refractivity contribution in [2.75, 3.05) is 26.2 Å². The summed E-state index contributed by atoms with van der Waals surface area (Å²) in [5, 5.41) is 9.54. The van der Waals surface area contributed by atoms with Crippen LogP contribution in [-0.4, -0.2) is 49.8 Å². The third-order valence-electron chi connectivity index (χ3n) is 1.99. The van der Waals surface area contributed by atoms with Gasteiger partial charge in [0.15, 0.2) is 0 Å². The van der Waals surface area contributed by atoms with Gasteiger partial charge in [-0.05, 0) is 0 Å². The van der Waals surface area contributed by atoms with E-state index in [-0.39, 0.29) is 32.6 Å². The van der Waals surface area contributed by atoms with Gasteiger partial charge in [0, 0.05) is 26.2 Å². The first-order chi connectivity index (χ1) is 8.09. The largest absolute Gasteiger partial charge is 0.354 e. The van der Waals surface area contributed by atoms with Crippen LogP contribution in [0.5, 0.6) is 0 Å². The predicted molar refractivity (Wildman–Crippen MR) is 56.7 cm³/mol. The van der Waals surface area contributed by atoms with Crippen LogP contribution in [0.25, 0.3) is 0 Å². The van der Waals surface area contributed by atoms with Gasteiger partial charge in [0.05, 0.1) is 0 Å². The Hall–Kier alpha value is -2.12. The van der Waals surface area contributed by atoms with Gasteiger partial charge in [-0.1, -0.05) is 0 Å². The fraction of sp³-hybridized carbons (Fsp3) is 0.556. The highest BCUT2D eigenvalue weighted by atomic mass is 16.2. The number of carbonyl (C=O) groups excluding carboxylic acids is 4. The van der Waals surface area contributed by atoms with Crippen molar-refractivity contribution in [1.29, 1.82) is 0 Å². The molecule has 8 heteroatoms. The topological polar surface area (TPSA) is 116 Å². The molecule has 0 bridgehead atoms. The molecule has 0 spiro atoms. The number of hydrogen-bond donors (Lipinski definition) is 4. The molecule has 1 aliphatic heterocycles. The molecule has 0 atom stereocenters. The van der Waals surface area contributed by atoms with E-state index in [9.17, 15) is 19.2 Å². The highest BCUT2D eigenvalue weighted by Gasteiger charge is 2.14. The van der Waals surface area contributed by atoms with Gasteiger partial charge in [0.2, 0.25) is 11.8 Å². The van der Waals surface area contributed by atoms with Crippen LogP contribution in [0.3, 0.4) is 0 Å². The first-order valence-corrected chi connectivity index (χ1v) is 5.19. The quantitative estimate of drug-likeness (QED) is 0.265.